The molecular formula is C51H89NO7. The number of esters is 2. The minimum Gasteiger partial charge on any atom is -0.544 e. The van der Waals surface area contributed by atoms with Crippen molar-refractivity contribution >= 4 is 17.9 Å². The van der Waals surface area contributed by atoms with Crippen LogP contribution in [0.4, 0.5) is 0 Å². The van der Waals surface area contributed by atoms with E-state index in [0.717, 1.165) is 44.9 Å². The third-order valence-corrected chi connectivity index (χ3v) is 10.5. The minimum atomic E-state index is -1.13. The molecule has 59 heavy (non-hydrogen) atoms. The SMILES string of the molecule is CC/C=C/C=C/C=C/C=C/CCCCCC(=O)OC(COCCC(C(=O)[O-])[N+](C)(C)C)COC(=O)CCCCCCCCC/C=C/CCCCCCCCCCCCC. The maximum atomic E-state index is 12.7. The Hall–Kier alpha value is -2.97. The summed E-state index contributed by atoms with van der Waals surface area (Å²) in [6.07, 6.45) is 51.2. The summed E-state index contributed by atoms with van der Waals surface area (Å²) < 4.78 is 17.1. The second kappa shape index (κ2) is 41.8. The smallest absolute Gasteiger partial charge is 0.306 e. The first-order chi connectivity index (χ1) is 28.6. The molecule has 0 bridgehead atoms. The van der Waals surface area contributed by atoms with Crippen LogP contribution < -0.4 is 5.11 Å². The molecule has 0 rings (SSSR count). The Morgan fingerprint density at radius 3 is 1.47 bits per heavy atom. The summed E-state index contributed by atoms with van der Waals surface area (Å²) in [6, 6.07) is -0.736. The van der Waals surface area contributed by atoms with E-state index in [1.165, 1.54) is 109 Å². The number of nitrogens with zero attached hydrogens (tertiary/aromatic N) is 1. The van der Waals surface area contributed by atoms with Crippen molar-refractivity contribution in [1.29, 1.82) is 0 Å². The summed E-state index contributed by atoms with van der Waals surface area (Å²) in [6.45, 7) is 4.48. The summed E-state index contributed by atoms with van der Waals surface area (Å²) in [4.78, 5) is 36.9. The molecule has 0 N–H and O–H groups in total. The maximum Gasteiger partial charge on any atom is 0.306 e. The molecule has 0 aromatic rings. The summed E-state index contributed by atoms with van der Waals surface area (Å²) in [5.74, 6) is -1.79. The van der Waals surface area contributed by atoms with Crippen LogP contribution in [0.3, 0.4) is 0 Å². The number of carbonyl (C=O) groups is 3. The van der Waals surface area contributed by atoms with Crippen LogP contribution in [-0.2, 0) is 28.6 Å². The van der Waals surface area contributed by atoms with Crippen molar-refractivity contribution in [3.8, 4) is 0 Å². The number of hydrogen-bond donors (Lipinski definition) is 0. The third-order valence-electron chi connectivity index (χ3n) is 10.5. The summed E-state index contributed by atoms with van der Waals surface area (Å²) in [7, 11) is 5.39. The lowest BCUT2D eigenvalue weighted by Crippen LogP contribution is -2.55. The second-order valence-electron chi connectivity index (χ2n) is 17.1. The second-order valence-corrected chi connectivity index (χ2v) is 17.1. The largest absolute Gasteiger partial charge is 0.544 e. The number of rotatable bonds is 42. The molecule has 0 spiro atoms. The predicted octanol–water partition coefficient (Wildman–Crippen LogP) is 12.0. The quantitative estimate of drug-likeness (QED) is 0.0198. The highest BCUT2D eigenvalue weighted by Gasteiger charge is 2.25. The van der Waals surface area contributed by atoms with Gasteiger partial charge < -0.3 is 28.6 Å². The summed E-state index contributed by atoms with van der Waals surface area (Å²) >= 11 is 0. The Bertz CT molecular complexity index is 1150. The molecule has 0 saturated carbocycles. The van der Waals surface area contributed by atoms with E-state index in [4.69, 9.17) is 14.2 Å². The van der Waals surface area contributed by atoms with E-state index in [-0.39, 0.29) is 49.1 Å². The fourth-order valence-electron chi connectivity index (χ4n) is 6.78. The standard InChI is InChI=1S/C51H89NO7/c1-6-8-10-12-14-16-18-20-21-22-23-24-25-26-27-28-30-31-33-35-37-39-41-49(53)58-46-47(45-57-44-43-48(51(55)56)52(3,4)5)59-50(54)42-40-38-36-34-32-29-19-17-15-13-11-9-7-2/h9,11,13,15,17,19,25-26,29,32,47-48H,6-8,10,12,14,16,18,20-24,27-28,30-31,33-46H2,1-5H3/b11-9+,15-13+,19-17+,26-25+,32-29+. The van der Waals surface area contributed by atoms with Gasteiger partial charge in [-0.25, -0.2) is 0 Å². The Labute approximate surface area is 362 Å². The molecule has 0 amide bonds. The molecule has 0 fully saturated rings. The highest BCUT2D eigenvalue weighted by molar-refractivity contribution is 5.70. The number of quaternary nitrogens is 1. The first kappa shape index (κ1) is 56.0. The number of allylic oxidation sites excluding steroid dienone is 10. The van der Waals surface area contributed by atoms with E-state index in [2.05, 4.69) is 38.2 Å². The van der Waals surface area contributed by atoms with E-state index in [0.29, 0.717) is 12.8 Å². The average molecular weight is 828 g/mol. The lowest BCUT2D eigenvalue weighted by Gasteiger charge is -2.34. The molecule has 8 heteroatoms. The third kappa shape index (κ3) is 40.2. The van der Waals surface area contributed by atoms with Crippen molar-refractivity contribution < 1.29 is 38.2 Å². The van der Waals surface area contributed by atoms with E-state index in [9.17, 15) is 19.5 Å². The van der Waals surface area contributed by atoms with Crippen molar-refractivity contribution in [1.82, 2.24) is 0 Å². The van der Waals surface area contributed by atoms with Gasteiger partial charge in [-0.1, -0.05) is 177 Å². The van der Waals surface area contributed by atoms with Gasteiger partial charge in [0.05, 0.1) is 40.3 Å². The van der Waals surface area contributed by atoms with Crippen LogP contribution in [0.15, 0.2) is 60.8 Å². The fourth-order valence-corrected chi connectivity index (χ4v) is 6.78. The zero-order valence-corrected chi connectivity index (χ0v) is 38.7. The number of unbranched alkanes of at least 4 members (excludes halogenated alkanes) is 21. The van der Waals surface area contributed by atoms with Gasteiger partial charge in [0.2, 0.25) is 0 Å². The van der Waals surface area contributed by atoms with Gasteiger partial charge in [0.1, 0.15) is 12.6 Å². The highest BCUT2D eigenvalue weighted by Crippen LogP contribution is 2.14. The van der Waals surface area contributed by atoms with Crippen LogP contribution in [0.1, 0.15) is 194 Å². The molecule has 8 nitrogen and oxygen atoms in total. The lowest BCUT2D eigenvalue weighted by molar-refractivity contribution is -0.889. The van der Waals surface area contributed by atoms with Crippen LogP contribution in [0.2, 0.25) is 0 Å². The Balaban J connectivity index is 4.27. The monoisotopic (exact) mass is 828 g/mol. The number of hydrogen-bond acceptors (Lipinski definition) is 7. The molecule has 340 valence electrons. The number of carbonyl (C=O) groups excluding carboxylic acids is 3. The van der Waals surface area contributed by atoms with E-state index >= 15 is 0 Å². The molecular weight excluding hydrogens is 739 g/mol. The number of carboxylic acids is 1. The van der Waals surface area contributed by atoms with Crippen molar-refractivity contribution in [3.05, 3.63) is 60.8 Å². The van der Waals surface area contributed by atoms with Crippen LogP contribution in [-0.4, -0.2) is 75.5 Å². The first-order valence-corrected chi connectivity index (χ1v) is 23.9. The molecule has 2 atom stereocenters. The van der Waals surface area contributed by atoms with E-state index < -0.39 is 18.1 Å². The van der Waals surface area contributed by atoms with Crippen LogP contribution in [0, 0.1) is 0 Å². The number of carboxylic acid groups (broad SMARTS) is 1. The fraction of sp³-hybridized carbons (Fsp3) is 0.745. The Kier molecular flexibility index (Phi) is 39.6. The van der Waals surface area contributed by atoms with Crippen molar-refractivity contribution in [2.45, 2.75) is 206 Å². The summed E-state index contributed by atoms with van der Waals surface area (Å²) in [5.41, 5.74) is 0. The Morgan fingerprint density at radius 1 is 0.525 bits per heavy atom. The van der Waals surface area contributed by atoms with Crippen LogP contribution in [0.5, 0.6) is 0 Å². The average Bonchev–Trinajstić information content (AvgIpc) is 3.19. The van der Waals surface area contributed by atoms with Crippen LogP contribution in [0.25, 0.3) is 0 Å². The highest BCUT2D eigenvalue weighted by atomic mass is 16.6. The van der Waals surface area contributed by atoms with Gasteiger partial charge >= 0.3 is 11.9 Å². The maximum absolute atomic E-state index is 12.7. The van der Waals surface area contributed by atoms with Crippen molar-refractivity contribution in [2.75, 3.05) is 41.0 Å². The van der Waals surface area contributed by atoms with E-state index in [1.807, 2.05) is 36.5 Å². The van der Waals surface area contributed by atoms with Crippen molar-refractivity contribution in [3.63, 3.8) is 0 Å². The molecule has 0 radical (unpaired) electrons. The molecule has 0 saturated heterocycles. The number of likely N-dealkylation sites (N-methyl/N-ethyl adjacent to an activating group) is 1. The van der Waals surface area contributed by atoms with Gasteiger partial charge in [-0.3, -0.25) is 9.59 Å². The molecule has 0 aliphatic heterocycles. The van der Waals surface area contributed by atoms with Gasteiger partial charge in [0.15, 0.2) is 6.10 Å². The first-order valence-electron chi connectivity index (χ1n) is 23.9. The predicted molar refractivity (Wildman–Crippen MR) is 245 cm³/mol. The molecule has 0 aliphatic rings. The van der Waals surface area contributed by atoms with Gasteiger partial charge in [0.25, 0.3) is 0 Å². The van der Waals surface area contributed by atoms with Gasteiger partial charge in [-0.2, -0.15) is 0 Å². The van der Waals surface area contributed by atoms with Crippen LogP contribution >= 0.6 is 0 Å². The van der Waals surface area contributed by atoms with Crippen molar-refractivity contribution in [2.24, 2.45) is 0 Å². The van der Waals surface area contributed by atoms with Gasteiger partial charge in [-0.05, 0) is 57.8 Å². The van der Waals surface area contributed by atoms with E-state index in [1.54, 1.807) is 21.1 Å². The molecule has 0 heterocycles. The molecule has 0 aromatic heterocycles. The molecule has 2 unspecified atom stereocenters. The van der Waals surface area contributed by atoms with Gasteiger partial charge in [-0.15, -0.1) is 0 Å². The summed E-state index contributed by atoms with van der Waals surface area (Å²) in [5, 5.41) is 11.6. The molecule has 0 aliphatic carbocycles. The number of ether oxygens (including phenoxy) is 3. The minimum absolute atomic E-state index is 0.0213. The zero-order valence-electron chi connectivity index (χ0n) is 38.7. The lowest BCUT2D eigenvalue weighted by atomic mass is 10.0. The molecule has 0 aromatic carbocycles. The Morgan fingerprint density at radius 2 is 0.966 bits per heavy atom. The number of aliphatic carboxylic acids is 1. The van der Waals surface area contributed by atoms with Gasteiger partial charge in [0, 0.05) is 19.3 Å². The topological polar surface area (TPSA) is 102 Å². The normalized spacial score (nSPS) is 13.4. The zero-order chi connectivity index (χ0) is 43.5.